The number of nitrogens with one attached hydrogen (secondary N) is 1. The fraction of sp³-hybridized carbons (Fsp3) is 0.471. The Morgan fingerprint density at radius 2 is 2.17 bits per heavy atom. The minimum atomic E-state index is -0.321. The fourth-order valence-corrected chi connectivity index (χ4v) is 3.40. The van der Waals surface area contributed by atoms with Gasteiger partial charge in [0.05, 0.1) is 18.0 Å². The van der Waals surface area contributed by atoms with Gasteiger partial charge in [0.1, 0.15) is 12.1 Å². The predicted molar refractivity (Wildman–Crippen MR) is 88.4 cm³/mol. The molecule has 2 aromatic rings. The third-order valence-electron chi connectivity index (χ3n) is 4.85. The van der Waals surface area contributed by atoms with Crippen molar-refractivity contribution in [3.05, 3.63) is 42.4 Å². The molecule has 2 aromatic heterocycles. The van der Waals surface area contributed by atoms with Crippen LogP contribution < -0.4 is 10.2 Å². The number of aromatic nitrogens is 3. The summed E-state index contributed by atoms with van der Waals surface area (Å²) >= 11 is 0. The van der Waals surface area contributed by atoms with Gasteiger partial charge in [0.15, 0.2) is 5.82 Å². The molecule has 24 heavy (non-hydrogen) atoms. The van der Waals surface area contributed by atoms with Crippen molar-refractivity contribution < 1.29 is 9.50 Å². The molecular formula is C17H20FN5O. The number of aliphatic hydroxyl groups excluding tert-OH is 1. The summed E-state index contributed by atoms with van der Waals surface area (Å²) in [5.74, 6) is 0.924. The van der Waals surface area contributed by atoms with Crippen molar-refractivity contribution in [3.63, 3.8) is 0 Å². The van der Waals surface area contributed by atoms with E-state index >= 15 is 0 Å². The maximum Gasteiger partial charge on any atom is 0.164 e. The summed E-state index contributed by atoms with van der Waals surface area (Å²) in [7, 11) is 0. The normalized spacial score (nSPS) is 26.2. The Hall–Kier alpha value is -2.28. The quantitative estimate of drug-likeness (QED) is 0.893. The lowest BCUT2D eigenvalue weighted by Gasteiger charge is -2.36. The number of anilines is 2. The van der Waals surface area contributed by atoms with E-state index in [0.717, 1.165) is 37.3 Å². The van der Waals surface area contributed by atoms with E-state index < -0.39 is 0 Å². The summed E-state index contributed by atoms with van der Waals surface area (Å²) in [6, 6.07) is 3.93. The molecule has 1 saturated heterocycles. The van der Waals surface area contributed by atoms with Crippen molar-refractivity contribution in [1.29, 1.82) is 0 Å². The molecule has 126 valence electrons. The lowest BCUT2D eigenvalue weighted by atomic mass is 9.78. The molecule has 1 saturated carbocycles. The third kappa shape index (κ3) is 3.03. The summed E-state index contributed by atoms with van der Waals surface area (Å²) in [5, 5.41) is 12.9. The van der Waals surface area contributed by atoms with Gasteiger partial charge in [-0.1, -0.05) is 0 Å². The van der Waals surface area contributed by atoms with E-state index in [1.807, 2.05) is 6.07 Å². The molecule has 2 aliphatic rings. The first-order chi connectivity index (χ1) is 11.7. The minimum Gasteiger partial charge on any atom is -0.391 e. The summed E-state index contributed by atoms with van der Waals surface area (Å²) in [6.07, 6.45) is 6.76. The second kappa shape index (κ2) is 6.32. The van der Waals surface area contributed by atoms with Crippen LogP contribution in [0, 0.1) is 5.82 Å². The first kappa shape index (κ1) is 15.3. The number of rotatable bonds is 4. The van der Waals surface area contributed by atoms with Gasteiger partial charge in [-0.2, -0.15) is 0 Å². The van der Waals surface area contributed by atoms with Gasteiger partial charge in [-0.25, -0.2) is 14.4 Å². The highest BCUT2D eigenvalue weighted by atomic mass is 19.1. The number of hydrogen-bond acceptors (Lipinski definition) is 6. The average Bonchev–Trinajstić information content (AvgIpc) is 2.99. The van der Waals surface area contributed by atoms with E-state index in [0.29, 0.717) is 18.2 Å². The zero-order valence-corrected chi connectivity index (χ0v) is 13.3. The fourth-order valence-electron chi connectivity index (χ4n) is 3.40. The van der Waals surface area contributed by atoms with Crippen LogP contribution in [-0.4, -0.2) is 45.3 Å². The number of nitrogens with zero attached hydrogens (tertiary/aromatic N) is 4. The van der Waals surface area contributed by atoms with Crippen LogP contribution >= 0.6 is 0 Å². The lowest BCUT2D eigenvalue weighted by molar-refractivity contribution is 0.198. The monoisotopic (exact) mass is 329 g/mol. The second-order valence-corrected chi connectivity index (χ2v) is 6.55. The zero-order valence-electron chi connectivity index (χ0n) is 13.3. The van der Waals surface area contributed by atoms with Gasteiger partial charge in [-0.05, 0) is 25.3 Å². The molecule has 2 fully saturated rings. The van der Waals surface area contributed by atoms with Gasteiger partial charge in [0.25, 0.3) is 0 Å². The molecule has 1 unspecified atom stereocenters. The van der Waals surface area contributed by atoms with Gasteiger partial charge in [0, 0.05) is 43.0 Å². The molecule has 0 aromatic carbocycles. The van der Waals surface area contributed by atoms with Crippen LogP contribution in [0.15, 0.2) is 30.9 Å². The van der Waals surface area contributed by atoms with E-state index in [1.165, 1.54) is 6.20 Å². The Morgan fingerprint density at radius 3 is 2.92 bits per heavy atom. The van der Waals surface area contributed by atoms with Crippen LogP contribution in [0.25, 0.3) is 0 Å². The molecule has 3 heterocycles. The topological polar surface area (TPSA) is 74.2 Å². The maximum atomic E-state index is 13.6. The molecule has 7 heteroatoms. The SMILES string of the molecule is OC1CCN(c2cc(C3CC(Nc4ccncc4F)C3)ncn2)C1. The van der Waals surface area contributed by atoms with Crippen molar-refractivity contribution in [1.82, 2.24) is 15.0 Å². The number of halogens is 1. The number of β-amino-alcohol motifs (C(OH)–C–C–N with tert-alkyl or cyclic N) is 1. The Balaban J connectivity index is 1.38. The summed E-state index contributed by atoms with van der Waals surface area (Å²) in [6.45, 7) is 1.46. The first-order valence-electron chi connectivity index (χ1n) is 8.30. The van der Waals surface area contributed by atoms with E-state index in [1.54, 1.807) is 18.6 Å². The first-order valence-corrected chi connectivity index (χ1v) is 8.30. The van der Waals surface area contributed by atoms with Crippen LogP contribution in [0.1, 0.15) is 30.9 Å². The Bertz CT molecular complexity index is 722. The van der Waals surface area contributed by atoms with Crippen molar-refractivity contribution >= 4 is 11.5 Å². The van der Waals surface area contributed by atoms with Crippen LogP contribution in [-0.2, 0) is 0 Å². The molecule has 0 bridgehead atoms. The summed E-state index contributed by atoms with van der Waals surface area (Å²) < 4.78 is 13.6. The third-order valence-corrected chi connectivity index (χ3v) is 4.85. The van der Waals surface area contributed by atoms with Crippen LogP contribution in [0.5, 0.6) is 0 Å². The van der Waals surface area contributed by atoms with Crippen LogP contribution in [0.4, 0.5) is 15.9 Å². The highest BCUT2D eigenvalue weighted by molar-refractivity contribution is 5.45. The van der Waals surface area contributed by atoms with Crippen LogP contribution in [0.3, 0.4) is 0 Å². The smallest absolute Gasteiger partial charge is 0.164 e. The van der Waals surface area contributed by atoms with Crippen molar-refractivity contribution in [2.24, 2.45) is 0 Å². The van der Waals surface area contributed by atoms with Crippen molar-refractivity contribution in [2.75, 3.05) is 23.3 Å². The largest absolute Gasteiger partial charge is 0.391 e. The highest BCUT2D eigenvalue weighted by Gasteiger charge is 2.32. The summed E-state index contributed by atoms with van der Waals surface area (Å²) in [4.78, 5) is 14.6. The molecule has 4 rings (SSSR count). The molecule has 1 aliphatic heterocycles. The van der Waals surface area contributed by atoms with E-state index in [4.69, 9.17) is 0 Å². The molecule has 0 amide bonds. The van der Waals surface area contributed by atoms with Crippen LogP contribution in [0.2, 0.25) is 0 Å². The molecule has 0 radical (unpaired) electrons. The minimum absolute atomic E-state index is 0.249. The molecular weight excluding hydrogens is 309 g/mol. The average molecular weight is 329 g/mol. The van der Waals surface area contributed by atoms with E-state index in [9.17, 15) is 9.50 Å². The molecule has 6 nitrogen and oxygen atoms in total. The maximum absolute atomic E-state index is 13.6. The van der Waals surface area contributed by atoms with Crippen molar-refractivity contribution in [3.8, 4) is 0 Å². The summed E-state index contributed by atoms with van der Waals surface area (Å²) in [5.41, 5.74) is 1.53. The molecule has 2 N–H and O–H groups in total. The Morgan fingerprint density at radius 1 is 1.29 bits per heavy atom. The molecule has 0 spiro atoms. The second-order valence-electron chi connectivity index (χ2n) is 6.55. The number of aliphatic hydroxyl groups is 1. The van der Waals surface area contributed by atoms with Gasteiger partial charge >= 0.3 is 0 Å². The lowest BCUT2D eigenvalue weighted by Crippen LogP contribution is -2.35. The van der Waals surface area contributed by atoms with E-state index in [2.05, 4.69) is 25.2 Å². The number of hydrogen-bond donors (Lipinski definition) is 2. The van der Waals surface area contributed by atoms with Gasteiger partial charge in [-0.15, -0.1) is 0 Å². The Labute approximate surface area is 139 Å². The molecule has 1 aliphatic carbocycles. The zero-order chi connectivity index (χ0) is 16.5. The molecule has 1 atom stereocenters. The van der Waals surface area contributed by atoms with Gasteiger partial charge in [-0.3, -0.25) is 4.98 Å². The number of pyridine rings is 1. The Kier molecular flexibility index (Phi) is 4.02. The van der Waals surface area contributed by atoms with Crippen molar-refractivity contribution in [2.45, 2.75) is 37.3 Å². The highest BCUT2D eigenvalue weighted by Crippen LogP contribution is 2.38. The van der Waals surface area contributed by atoms with E-state index in [-0.39, 0.29) is 18.0 Å². The predicted octanol–water partition coefficient (Wildman–Crippen LogP) is 1.94. The van der Waals surface area contributed by atoms with Gasteiger partial charge in [0.2, 0.25) is 0 Å². The standard InChI is InChI=1S/C17H20FN5O/c18-14-8-19-3-1-15(14)22-12-5-11(6-12)16-7-17(21-10-20-16)23-4-2-13(24)9-23/h1,3,7-8,10-13,24H,2,4-6,9H2,(H,19,22). The van der Waals surface area contributed by atoms with Gasteiger partial charge < -0.3 is 15.3 Å².